The summed E-state index contributed by atoms with van der Waals surface area (Å²) in [7, 11) is 0. The van der Waals surface area contributed by atoms with Gasteiger partial charge < -0.3 is 9.47 Å². The van der Waals surface area contributed by atoms with Gasteiger partial charge in [-0.25, -0.2) is 0 Å². The van der Waals surface area contributed by atoms with Gasteiger partial charge in [0, 0.05) is 0 Å². The average Bonchev–Trinajstić information content (AvgIpc) is 2.43. The standard InChI is InChI=1S/C14H22N2O2/c1-2-3-11-4-6-12(7-5-11)14(16-15)13-10-17-8-9-18-13/h4-7,13-14,16H,2-3,8-10,15H2,1H3. The smallest absolute Gasteiger partial charge is 0.102 e. The van der Waals surface area contributed by atoms with E-state index in [9.17, 15) is 0 Å². The molecule has 1 aromatic carbocycles. The van der Waals surface area contributed by atoms with Crippen molar-refractivity contribution in [1.29, 1.82) is 0 Å². The summed E-state index contributed by atoms with van der Waals surface area (Å²) < 4.78 is 11.1. The minimum Gasteiger partial charge on any atom is -0.376 e. The Balaban J connectivity index is 2.06. The lowest BCUT2D eigenvalue weighted by molar-refractivity contribution is -0.102. The van der Waals surface area contributed by atoms with Gasteiger partial charge in [-0.15, -0.1) is 0 Å². The van der Waals surface area contributed by atoms with Crippen LogP contribution in [0.15, 0.2) is 24.3 Å². The minimum atomic E-state index is -0.0132. The van der Waals surface area contributed by atoms with Crippen LogP contribution in [-0.4, -0.2) is 25.9 Å². The van der Waals surface area contributed by atoms with Crippen LogP contribution in [0.4, 0.5) is 0 Å². The van der Waals surface area contributed by atoms with E-state index in [1.807, 2.05) is 0 Å². The Bertz CT molecular complexity index is 347. The molecule has 0 aliphatic carbocycles. The Morgan fingerprint density at radius 1 is 1.33 bits per heavy atom. The van der Waals surface area contributed by atoms with Gasteiger partial charge in [-0.3, -0.25) is 11.3 Å². The Hall–Kier alpha value is -0.940. The third kappa shape index (κ3) is 3.29. The highest BCUT2D eigenvalue weighted by Crippen LogP contribution is 2.21. The molecular weight excluding hydrogens is 228 g/mol. The van der Waals surface area contributed by atoms with Crippen LogP contribution >= 0.6 is 0 Å². The molecule has 18 heavy (non-hydrogen) atoms. The summed E-state index contributed by atoms with van der Waals surface area (Å²) in [4.78, 5) is 0. The number of nitrogens with one attached hydrogen (secondary N) is 1. The number of benzene rings is 1. The zero-order valence-corrected chi connectivity index (χ0v) is 10.9. The monoisotopic (exact) mass is 250 g/mol. The van der Waals surface area contributed by atoms with Crippen molar-refractivity contribution in [3.8, 4) is 0 Å². The molecule has 4 heteroatoms. The molecule has 0 saturated carbocycles. The summed E-state index contributed by atoms with van der Waals surface area (Å²) in [5.41, 5.74) is 5.34. The molecule has 2 rings (SSSR count). The summed E-state index contributed by atoms with van der Waals surface area (Å²) in [5.74, 6) is 5.65. The van der Waals surface area contributed by atoms with Crippen LogP contribution in [0.2, 0.25) is 0 Å². The lowest BCUT2D eigenvalue weighted by Crippen LogP contribution is -2.43. The SMILES string of the molecule is CCCc1ccc(C(NN)C2COCCO2)cc1. The molecule has 4 nitrogen and oxygen atoms in total. The van der Waals surface area contributed by atoms with Gasteiger partial charge in [-0.2, -0.15) is 0 Å². The van der Waals surface area contributed by atoms with Gasteiger partial charge in [0.25, 0.3) is 0 Å². The summed E-state index contributed by atoms with van der Waals surface area (Å²) in [6.45, 7) is 4.08. The van der Waals surface area contributed by atoms with Crippen molar-refractivity contribution in [2.75, 3.05) is 19.8 Å². The first-order chi connectivity index (χ1) is 8.85. The van der Waals surface area contributed by atoms with Gasteiger partial charge in [0.1, 0.15) is 6.10 Å². The van der Waals surface area contributed by atoms with E-state index in [2.05, 4.69) is 36.6 Å². The van der Waals surface area contributed by atoms with Gasteiger partial charge in [0.05, 0.1) is 25.9 Å². The molecule has 1 aliphatic rings. The van der Waals surface area contributed by atoms with Crippen LogP contribution in [-0.2, 0) is 15.9 Å². The van der Waals surface area contributed by atoms with Crippen LogP contribution in [0.1, 0.15) is 30.5 Å². The lowest BCUT2D eigenvalue weighted by Gasteiger charge is -2.30. The number of nitrogens with two attached hydrogens (primary N) is 1. The van der Waals surface area contributed by atoms with Crippen molar-refractivity contribution in [1.82, 2.24) is 5.43 Å². The highest BCUT2D eigenvalue weighted by molar-refractivity contribution is 5.26. The number of rotatable bonds is 5. The van der Waals surface area contributed by atoms with E-state index in [0.29, 0.717) is 19.8 Å². The summed E-state index contributed by atoms with van der Waals surface area (Å²) in [5, 5.41) is 0. The van der Waals surface area contributed by atoms with Crippen molar-refractivity contribution in [2.45, 2.75) is 31.9 Å². The van der Waals surface area contributed by atoms with Gasteiger partial charge in [0.2, 0.25) is 0 Å². The second kappa shape index (κ2) is 6.85. The largest absolute Gasteiger partial charge is 0.376 e. The molecule has 0 amide bonds. The summed E-state index contributed by atoms with van der Waals surface area (Å²) in [6.07, 6.45) is 2.27. The first-order valence-corrected chi connectivity index (χ1v) is 6.59. The molecule has 0 radical (unpaired) electrons. The number of hydrogen-bond donors (Lipinski definition) is 2. The highest BCUT2D eigenvalue weighted by Gasteiger charge is 2.25. The van der Waals surface area contributed by atoms with Crippen LogP contribution in [0.3, 0.4) is 0 Å². The molecule has 2 atom stereocenters. The lowest BCUT2D eigenvalue weighted by atomic mass is 9.99. The molecule has 0 aromatic heterocycles. The van der Waals surface area contributed by atoms with Crippen molar-refractivity contribution in [2.24, 2.45) is 5.84 Å². The molecule has 100 valence electrons. The topological polar surface area (TPSA) is 56.5 Å². The third-order valence-corrected chi connectivity index (χ3v) is 3.27. The fraction of sp³-hybridized carbons (Fsp3) is 0.571. The quantitative estimate of drug-likeness (QED) is 0.615. The molecule has 1 fully saturated rings. The first kappa shape index (κ1) is 13.5. The van der Waals surface area contributed by atoms with E-state index in [-0.39, 0.29) is 12.1 Å². The van der Waals surface area contributed by atoms with Crippen molar-refractivity contribution in [3.63, 3.8) is 0 Å². The predicted molar refractivity (Wildman–Crippen MR) is 71.1 cm³/mol. The first-order valence-electron chi connectivity index (χ1n) is 6.59. The summed E-state index contributed by atoms with van der Waals surface area (Å²) in [6, 6.07) is 8.54. The molecule has 1 heterocycles. The summed E-state index contributed by atoms with van der Waals surface area (Å²) >= 11 is 0. The maximum Gasteiger partial charge on any atom is 0.102 e. The van der Waals surface area contributed by atoms with E-state index in [0.717, 1.165) is 18.4 Å². The molecule has 0 spiro atoms. The van der Waals surface area contributed by atoms with Crippen LogP contribution < -0.4 is 11.3 Å². The third-order valence-electron chi connectivity index (χ3n) is 3.27. The average molecular weight is 250 g/mol. The van der Waals surface area contributed by atoms with E-state index >= 15 is 0 Å². The van der Waals surface area contributed by atoms with Crippen molar-refractivity contribution >= 4 is 0 Å². The molecule has 1 aliphatic heterocycles. The van der Waals surface area contributed by atoms with Crippen LogP contribution in [0, 0.1) is 0 Å². The number of ether oxygens (including phenoxy) is 2. The predicted octanol–water partition coefficient (Wildman–Crippen LogP) is 1.56. The molecule has 0 bridgehead atoms. The fourth-order valence-electron chi connectivity index (χ4n) is 2.30. The van der Waals surface area contributed by atoms with Crippen LogP contribution in [0.25, 0.3) is 0 Å². The van der Waals surface area contributed by atoms with E-state index in [4.69, 9.17) is 15.3 Å². The number of hydrogen-bond acceptors (Lipinski definition) is 4. The van der Waals surface area contributed by atoms with E-state index < -0.39 is 0 Å². The number of hydrazine groups is 1. The van der Waals surface area contributed by atoms with Crippen molar-refractivity contribution in [3.05, 3.63) is 35.4 Å². The zero-order valence-electron chi connectivity index (χ0n) is 10.9. The van der Waals surface area contributed by atoms with E-state index in [1.165, 1.54) is 5.56 Å². The molecule has 1 aromatic rings. The van der Waals surface area contributed by atoms with Gasteiger partial charge in [-0.1, -0.05) is 37.6 Å². The van der Waals surface area contributed by atoms with Crippen LogP contribution in [0.5, 0.6) is 0 Å². The second-order valence-corrected chi connectivity index (χ2v) is 4.62. The Kier molecular flexibility index (Phi) is 5.13. The normalized spacial score (nSPS) is 21.8. The van der Waals surface area contributed by atoms with Gasteiger partial charge in [0.15, 0.2) is 0 Å². The maximum atomic E-state index is 5.70. The highest BCUT2D eigenvalue weighted by atomic mass is 16.6. The fourth-order valence-corrected chi connectivity index (χ4v) is 2.30. The molecule has 1 saturated heterocycles. The molecular formula is C14H22N2O2. The number of aryl methyl sites for hydroxylation is 1. The maximum absolute atomic E-state index is 5.70. The molecule has 3 N–H and O–H groups in total. The van der Waals surface area contributed by atoms with E-state index in [1.54, 1.807) is 0 Å². The van der Waals surface area contributed by atoms with Gasteiger partial charge >= 0.3 is 0 Å². The zero-order chi connectivity index (χ0) is 12.8. The minimum absolute atomic E-state index is 0.0130. The Morgan fingerprint density at radius 3 is 2.67 bits per heavy atom. The second-order valence-electron chi connectivity index (χ2n) is 4.62. The Labute approximate surface area is 108 Å². The van der Waals surface area contributed by atoms with Crippen molar-refractivity contribution < 1.29 is 9.47 Å². The van der Waals surface area contributed by atoms with Gasteiger partial charge in [-0.05, 0) is 17.5 Å². The Morgan fingerprint density at radius 2 is 2.11 bits per heavy atom. The molecule has 2 unspecified atom stereocenters.